The summed E-state index contributed by atoms with van der Waals surface area (Å²) in [6.07, 6.45) is -0.636. The zero-order chi connectivity index (χ0) is 14.6. The number of ether oxygens (including phenoxy) is 2. The van der Waals surface area contributed by atoms with Crippen LogP contribution in [0.2, 0.25) is 0 Å². The van der Waals surface area contributed by atoms with E-state index in [1.54, 1.807) is 20.8 Å². The summed E-state index contributed by atoms with van der Waals surface area (Å²) < 4.78 is 10.1. The maximum atomic E-state index is 11.6. The first-order valence-electron chi connectivity index (χ1n) is 5.78. The van der Waals surface area contributed by atoms with Crippen LogP contribution in [0.1, 0.15) is 38.1 Å². The summed E-state index contributed by atoms with van der Waals surface area (Å²) in [5.41, 5.74) is -0.204. The minimum atomic E-state index is -0.636. The van der Waals surface area contributed by atoms with Gasteiger partial charge in [-0.3, -0.25) is 10.1 Å². The Morgan fingerprint density at radius 2 is 1.89 bits per heavy atom. The van der Waals surface area contributed by atoms with Crippen LogP contribution in [0.4, 0.5) is 10.6 Å². The van der Waals surface area contributed by atoms with Crippen molar-refractivity contribution < 1.29 is 19.1 Å². The molecule has 0 saturated carbocycles. The lowest BCUT2D eigenvalue weighted by molar-refractivity contribution is 0.0635. The van der Waals surface area contributed by atoms with Gasteiger partial charge in [-0.25, -0.2) is 4.79 Å². The smallest absolute Gasteiger partial charge is 0.413 e. The van der Waals surface area contributed by atoms with E-state index < -0.39 is 11.7 Å². The fourth-order valence-electron chi connectivity index (χ4n) is 1.29. The number of hydrogen-bond donors (Lipinski definition) is 1. The molecule has 6 nitrogen and oxygen atoms in total. The lowest BCUT2D eigenvalue weighted by Gasteiger charge is -2.19. The predicted octanol–water partition coefficient (Wildman–Crippen LogP) is 2.64. The molecule has 1 N–H and O–H groups in total. The molecule has 1 rings (SSSR count). The molecule has 19 heavy (non-hydrogen) atoms. The molecule has 0 bridgehead atoms. The second kappa shape index (κ2) is 5.69. The van der Waals surface area contributed by atoms with Crippen molar-refractivity contribution in [2.75, 3.05) is 12.4 Å². The fraction of sp³-hybridized carbons (Fsp3) is 0.462. The van der Waals surface area contributed by atoms with Crippen LogP contribution in [-0.4, -0.2) is 29.6 Å². The molecule has 0 aromatic carbocycles. The Morgan fingerprint density at radius 3 is 2.37 bits per heavy atom. The van der Waals surface area contributed by atoms with Gasteiger partial charge >= 0.3 is 6.09 Å². The number of carbonyl (C=O) groups is 2. The van der Waals surface area contributed by atoms with Crippen LogP contribution in [0.3, 0.4) is 0 Å². The van der Waals surface area contributed by atoms with Crippen LogP contribution in [0.25, 0.3) is 0 Å². The normalized spacial score (nSPS) is 10.8. The maximum Gasteiger partial charge on any atom is 0.413 e. The fourth-order valence-corrected chi connectivity index (χ4v) is 1.29. The van der Waals surface area contributed by atoms with Crippen molar-refractivity contribution in [3.63, 3.8) is 0 Å². The number of methoxy groups -OCH3 is 1. The molecule has 0 aliphatic carbocycles. The topological polar surface area (TPSA) is 77.5 Å². The highest BCUT2D eigenvalue weighted by Crippen LogP contribution is 2.17. The second-order valence-corrected chi connectivity index (χ2v) is 4.97. The van der Waals surface area contributed by atoms with Gasteiger partial charge in [0, 0.05) is 11.6 Å². The molecule has 1 amide bonds. The number of Topliss-reactive ketones (excluding diaryl/α,β-unsaturated/α-hetero) is 1. The van der Waals surface area contributed by atoms with E-state index in [1.165, 1.54) is 26.2 Å². The van der Waals surface area contributed by atoms with Crippen molar-refractivity contribution in [3.05, 3.63) is 17.7 Å². The maximum absolute atomic E-state index is 11.6. The highest BCUT2D eigenvalue weighted by atomic mass is 16.6. The molecule has 0 fully saturated rings. The van der Waals surface area contributed by atoms with Gasteiger partial charge in [0.05, 0.1) is 7.11 Å². The Bertz CT molecular complexity index is 492. The first-order chi connectivity index (χ1) is 8.71. The van der Waals surface area contributed by atoms with Gasteiger partial charge in [0.2, 0.25) is 5.88 Å². The summed E-state index contributed by atoms with van der Waals surface area (Å²) in [6.45, 7) is 6.69. The van der Waals surface area contributed by atoms with Gasteiger partial charge in [-0.05, 0) is 33.8 Å². The minimum Gasteiger partial charge on any atom is -0.481 e. The van der Waals surface area contributed by atoms with Crippen molar-refractivity contribution >= 4 is 17.7 Å². The van der Waals surface area contributed by atoms with Gasteiger partial charge in [-0.1, -0.05) is 0 Å². The van der Waals surface area contributed by atoms with Crippen LogP contribution in [0, 0.1) is 0 Å². The quantitative estimate of drug-likeness (QED) is 0.851. The average molecular weight is 266 g/mol. The van der Waals surface area contributed by atoms with E-state index in [1.807, 2.05) is 0 Å². The highest BCUT2D eigenvalue weighted by Gasteiger charge is 2.17. The Balaban J connectivity index is 2.91. The van der Waals surface area contributed by atoms with Crippen molar-refractivity contribution in [2.45, 2.75) is 33.3 Å². The molecular formula is C13H18N2O4. The molecule has 1 aromatic rings. The molecule has 0 atom stereocenters. The van der Waals surface area contributed by atoms with E-state index in [9.17, 15) is 9.59 Å². The monoisotopic (exact) mass is 266 g/mol. The van der Waals surface area contributed by atoms with E-state index in [-0.39, 0.29) is 17.5 Å². The molecule has 0 saturated heterocycles. The van der Waals surface area contributed by atoms with Gasteiger partial charge in [0.1, 0.15) is 11.4 Å². The summed E-state index contributed by atoms with van der Waals surface area (Å²) in [5, 5.41) is 2.46. The van der Waals surface area contributed by atoms with Crippen molar-refractivity contribution in [2.24, 2.45) is 0 Å². The molecular weight excluding hydrogens is 248 g/mol. The summed E-state index contributed by atoms with van der Waals surface area (Å²) >= 11 is 0. The number of ketones is 1. The molecule has 0 radical (unpaired) electrons. The van der Waals surface area contributed by atoms with Gasteiger partial charge in [-0.2, -0.15) is 4.98 Å². The highest BCUT2D eigenvalue weighted by molar-refractivity contribution is 5.96. The Labute approximate surface area is 112 Å². The standard InChI is InChI=1S/C13H18N2O4/c1-8(16)9-6-10(14-11(7-9)18-5)15-12(17)19-13(2,3)4/h6-7H,1-5H3,(H,14,15,17). The van der Waals surface area contributed by atoms with Crippen molar-refractivity contribution in [1.82, 2.24) is 4.98 Å². The van der Waals surface area contributed by atoms with Gasteiger partial charge < -0.3 is 9.47 Å². The molecule has 0 aliphatic heterocycles. The van der Waals surface area contributed by atoms with E-state index in [4.69, 9.17) is 9.47 Å². The van der Waals surface area contributed by atoms with Gasteiger partial charge in [-0.15, -0.1) is 0 Å². The number of rotatable bonds is 3. The number of nitrogens with one attached hydrogen (secondary N) is 1. The first kappa shape index (κ1) is 14.9. The van der Waals surface area contributed by atoms with Crippen LogP contribution in [0.15, 0.2) is 12.1 Å². The number of anilines is 1. The first-order valence-corrected chi connectivity index (χ1v) is 5.78. The largest absolute Gasteiger partial charge is 0.481 e. The van der Waals surface area contributed by atoms with Gasteiger partial charge in [0.15, 0.2) is 5.78 Å². The van der Waals surface area contributed by atoms with Crippen LogP contribution in [-0.2, 0) is 4.74 Å². The van der Waals surface area contributed by atoms with E-state index >= 15 is 0 Å². The lowest BCUT2D eigenvalue weighted by Crippen LogP contribution is -2.27. The predicted molar refractivity (Wildman–Crippen MR) is 70.7 cm³/mol. The number of aromatic nitrogens is 1. The Hall–Kier alpha value is -2.11. The Kier molecular flexibility index (Phi) is 4.47. The van der Waals surface area contributed by atoms with Gasteiger partial charge in [0.25, 0.3) is 0 Å². The third kappa shape index (κ3) is 4.95. The summed E-state index contributed by atoms with van der Waals surface area (Å²) in [5.74, 6) is 0.311. The summed E-state index contributed by atoms with van der Waals surface area (Å²) in [6, 6.07) is 2.97. The lowest BCUT2D eigenvalue weighted by atomic mass is 10.2. The number of hydrogen-bond acceptors (Lipinski definition) is 5. The SMILES string of the molecule is COc1cc(C(C)=O)cc(NC(=O)OC(C)(C)C)n1. The third-order valence-corrected chi connectivity index (χ3v) is 2.05. The van der Waals surface area contributed by atoms with Crippen LogP contribution >= 0.6 is 0 Å². The summed E-state index contributed by atoms with van der Waals surface area (Å²) in [7, 11) is 1.43. The number of carbonyl (C=O) groups excluding carboxylic acids is 2. The number of pyridine rings is 1. The summed E-state index contributed by atoms with van der Waals surface area (Å²) in [4.78, 5) is 27.0. The molecule has 0 aliphatic rings. The van der Waals surface area contributed by atoms with Crippen LogP contribution in [0.5, 0.6) is 5.88 Å². The van der Waals surface area contributed by atoms with E-state index in [0.717, 1.165) is 0 Å². The number of nitrogens with zero attached hydrogens (tertiary/aromatic N) is 1. The minimum absolute atomic E-state index is 0.145. The molecule has 6 heteroatoms. The van der Waals surface area contributed by atoms with Crippen molar-refractivity contribution in [3.8, 4) is 5.88 Å². The van der Waals surface area contributed by atoms with Crippen LogP contribution < -0.4 is 10.1 Å². The van der Waals surface area contributed by atoms with E-state index in [0.29, 0.717) is 5.56 Å². The molecule has 0 unspecified atom stereocenters. The zero-order valence-electron chi connectivity index (χ0n) is 11.7. The third-order valence-electron chi connectivity index (χ3n) is 2.05. The molecule has 104 valence electrons. The average Bonchev–Trinajstić information content (AvgIpc) is 2.25. The van der Waals surface area contributed by atoms with E-state index in [2.05, 4.69) is 10.3 Å². The zero-order valence-corrected chi connectivity index (χ0v) is 11.7. The van der Waals surface area contributed by atoms with Crippen molar-refractivity contribution in [1.29, 1.82) is 0 Å². The Morgan fingerprint density at radius 1 is 1.26 bits per heavy atom. The molecule has 1 aromatic heterocycles. The molecule has 1 heterocycles. The number of amides is 1. The molecule has 0 spiro atoms. The second-order valence-electron chi connectivity index (χ2n) is 4.97.